The van der Waals surface area contributed by atoms with Gasteiger partial charge in [-0.2, -0.15) is 26.3 Å². The summed E-state index contributed by atoms with van der Waals surface area (Å²) in [4.78, 5) is 20.3. The second kappa shape index (κ2) is 7.82. The quantitative estimate of drug-likeness (QED) is 0.398. The third-order valence-electron chi connectivity index (χ3n) is 3.61. The summed E-state index contributed by atoms with van der Waals surface area (Å²) in [7, 11) is 0. The number of benzene rings is 1. The summed E-state index contributed by atoms with van der Waals surface area (Å²) in [6.07, 6.45) is -8.55. The Bertz CT molecular complexity index is 983. The summed E-state index contributed by atoms with van der Waals surface area (Å²) >= 11 is 1.20. The molecule has 0 bridgehead atoms. The summed E-state index contributed by atoms with van der Waals surface area (Å²) in [5, 5.41) is 2.07. The number of carbonyl (C=O) groups is 1. The van der Waals surface area contributed by atoms with Gasteiger partial charge in [-0.25, -0.2) is 9.78 Å². The summed E-state index contributed by atoms with van der Waals surface area (Å²) in [6.45, 7) is -0.417. The molecule has 0 N–H and O–H groups in total. The number of hydrogen-bond donors (Lipinski definition) is 0. The van der Waals surface area contributed by atoms with E-state index < -0.39 is 41.6 Å². The van der Waals surface area contributed by atoms with Crippen molar-refractivity contribution in [1.29, 1.82) is 0 Å². The van der Waals surface area contributed by atoms with Crippen molar-refractivity contribution in [2.24, 2.45) is 0 Å². The highest BCUT2D eigenvalue weighted by molar-refractivity contribution is 7.13. The normalized spacial score (nSPS) is 12.1. The van der Waals surface area contributed by atoms with Crippen molar-refractivity contribution in [1.82, 2.24) is 9.97 Å². The molecule has 0 radical (unpaired) electrons. The molecule has 4 nitrogen and oxygen atoms in total. The van der Waals surface area contributed by atoms with Crippen molar-refractivity contribution in [2.75, 3.05) is 0 Å². The first-order valence-electron chi connectivity index (χ1n) is 7.86. The number of esters is 1. The van der Waals surface area contributed by atoms with Crippen LogP contribution < -0.4 is 0 Å². The van der Waals surface area contributed by atoms with Crippen molar-refractivity contribution < 1.29 is 35.9 Å². The molecule has 0 atom stereocenters. The number of alkyl halides is 6. The Morgan fingerprint density at radius 1 is 1.00 bits per heavy atom. The summed E-state index contributed by atoms with van der Waals surface area (Å²) in [5.41, 5.74) is -3.18. The summed E-state index contributed by atoms with van der Waals surface area (Å²) in [6, 6.07) is 5.74. The number of pyridine rings is 1. The number of rotatable bonds is 4. The Hall–Kier alpha value is -2.95. The van der Waals surface area contributed by atoms with Crippen LogP contribution in [0.5, 0.6) is 0 Å². The second-order valence-electron chi connectivity index (χ2n) is 5.73. The van der Waals surface area contributed by atoms with Gasteiger partial charge in [0.05, 0.1) is 28.1 Å². The number of thiazole rings is 1. The molecule has 11 heteroatoms. The minimum absolute atomic E-state index is 0.0592. The molecule has 29 heavy (non-hydrogen) atoms. The van der Waals surface area contributed by atoms with Gasteiger partial charge in [0, 0.05) is 11.6 Å². The van der Waals surface area contributed by atoms with E-state index in [-0.39, 0.29) is 11.8 Å². The zero-order valence-corrected chi connectivity index (χ0v) is 15.0. The molecule has 0 saturated heterocycles. The van der Waals surface area contributed by atoms with E-state index in [2.05, 4.69) is 9.97 Å². The number of carbonyl (C=O) groups excluding carboxylic acids is 1. The van der Waals surface area contributed by atoms with Crippen LogP contribution in [0.4, 0.5) is 26.3 Å². The molecule has 0 spiro atoms. The fraction of sp³-hybridized carbons (Fsp3) is 0.167. The minimum Gasteiger partial charge on any atom is -0.456 e. The Balaban J connectivity index is 1.78. The zero-order chi connectivity index (χ0) is 21.2. The van der Waals surface area contributed by atoms with Gasteiger partial charge in [0.1, 0.15) is 11.6 Å². The fourth-order valence-corrected chi connectivity index (χ4v) is 3.06. The van der Waals surface area contributed by atoms with E-state index in [0.717, 1.165) is 0 Å². The molecule has 0 unspecified atom stereocenters. The largest absolute Gasteiger partial charge is 0.456 e. The van der Waals surface area contributed by atoms with Gasteiger partial charge in [-0.3, -0.25) is 4.98 Å². The predicted octanol–water partition coefficient (Wildman–Crippen LogP) is 5.60. The topological polar surface area (TPSA) is 52.1 Å². The van der Waals surface area contributed by atoms with Gasteiger partial charge in [0.2, 0.25) is 0 Å². The van der Waals surface area contributed by atoms with Crippen LogP contribution >= 0.6 is 11.3 Å². The van der Waals surface area contributed by atoms with E-state index in [9.17, 15) is 31.1 Å². The van der Waals surface area contributed by atoms with Crippen LogP contribution in [0.2, 0.25) is 0 Å². The fourth-order valence-electron chi connectivity index (χ4n) is 2.28. The van der Waals surface area contributed by atoms with Crippen LogP contribution in [-0.4, -0.2) is 15.9 Å². The summed E-state index contributed by atoms with van der Waals surface area (Å²) < 4.78 is 82.1. The van der Waals surface area contributed by atoms with Crippen molar-refractivity contribution in [3.05, 3.63) is 70.4 Å². The highest BCUT2D eigenvalue weighted by Crippen LogP contribution is 2.36. The number of nitrogens with zero attached hydrogens (tertiary/aromatic N) is 2. The lowest BCUT2D eigenvalue weighted by atomic mass is 10.0. The molecular formula is C18H10F6N2O2S. The van der Waals surface area contributed by atoms with E-state index in [0.29, 0.717) is 22.8 Å². The van der Waals surface area contributed by atoms with Crippen molar-refractivity contribution in [3.63, 3.8) is 0 Å². The Kier molecular flexibility index (Phi) is 5.60. The molecule has 0 aliphatic rings. The van der Waals surface area contributed by atoms with Crippen LogP contribution in [-0.2, 0) is 23.7 Å². The predicted molar refractivity (Wildman–Crippen MR) is 90.9 cm³/mol. The van der Waals surface area contributed by atoms with Crippen molar-refractivity contribution >= 4 is 17.3 Å². The SMILES string of the molecule is O=C(OCc1csc(-c2ccccn2)n1)c1cc(C(F)(F)F)cc(C(F)(F)F)c1. The van der Waals surface area contributed by atoms with E-state index in [1.807, 2.05) is 0 Å². The smallest absolute Gasteiger partial charge is 0.416 e. The average Bonchev–Trinajstić information content (AvgIpc) is 3.14. The lowest BCUT2D eigenvalue weighted by Gasteiger charge is -2.13. The first-order valence-corrected chi connectivity index (χ1v) is 8.74. The van der Waals surface area contributed by atoms with Gasteiger partial charge < -0.3 is 4.74 Å². The third-order valence-corrected chi connectivity index (χ3v) is 4.52. The van der Waals surface area contributed by atoms with Crippen LogP contribution in [0.15, 0.2) is 48.0 Å². The van der Waals surface area contributed by atoms with Crippen LogP contribution in [0.3, 0.4) is 0 Å². The highest BCUT2D eigenvalue weighted by Gasteiger charge is 2.37. The van der Waals surface area contributed by atoms with Gasteiger partial charge in [0.15, 0.2) is 0 Å². The molecule has 0 fully saturated rings. The summed E-state index contributed by atoms with van der Waals surface area (Å²) in [5.74, 6) is -1.33. The maximum atomic E-state index is 12.9. The molecule has 0 aliphatic heterocycles. The number of hydrogen-bond acceptors (Lipinski definition) is 5. The molecule has 2 aromatic heterocycles. The van der Waals surface area contributed by atoms with E-state index in [1.165, 1.54) is 11.3 Å². The molecule has 0 aliphatic carbocycles. The van der Waals surface area contributed by atoms with Crippen LogP contribution in [0.1, 0.15) is 27.2 Å². The molecule has 1 aromatic carbocycles. The lowest BCUT2D eigenvalue weighted by molar-refractivity contribution is -0.143. The van der Waals surface area contributed by atoms with Crippen LogP contribution in [0.25, 0.3) is 10.7 Å². The van der Waals surface area contributed by atoms with Crippen molar-refractivity contribution in [3.8, 4) is 10.7 Å². The van der Waals surface area contributed by atoms with E-state index in [1.54, 1.807) is 29.8 Å². The van der Waals surface area contributed by atoms with Gasteiger partial charge in [-0.05, 0) is 30.3 Å². The van der Waals surface area contributed by atoms with E-state index >= 15 is 0 Å². The molecule has 0 saturated carbocycles. The molecular weight excluding hydrogens is 422 g/mol. The average molecular weight is 432 g/mol. The molecule has 0 amide bonds. The zero-order valence-electron chi connectivity index (χ0n) is 14.2. The molecule has 152 valence electrons. The molecule has 3 rings (SSSR count). The van der Waals surface area contributed by atoms with Gasteiger partial charge in [0.25, 0.3) is 0 Å². The first-order chi connectivity index (χ1) is 13.5. The Labute approximate surface area is 163 Å². The molecule has 3 aromatic rings. The van der Waals surface area contributed by atoms with E-state index in [4.69, 9.17) is 4.74 Å². The highest BCUT2D eigenvalue weighted by atomic mass is 32.1. The number of ether oxygens (including phenoxy) is 1. The van der Waals surface area contributed by atoms with Crippen LogP contribution in [0, 0.1) is 0 Å². The third kappa shape index (κ3) is 5.11. The lowest BCUT2D eigenvalue weighted by Crippen LogP contribution is -2.14. The standard InChI is InChI=1S/C18H10F6N2O2S/c19-17(20,21)11-5-10(6-12(7-11)18(22,23)24)16(27)28-8-13-9-29-15(26-13)14-3-1-2-4-25-14/h1-7,9H,8H2. The Morgan fingerprint density at radius 2 is 1.66 bits per heavy atom. The monoisotopic (exact) mass is 432 g/mol. The first kappa shape index (κ1) is 20.8. The van der Waals surface area contributed by atoms with Crippen molar-refractivity contribution in [2.45, 2.75) is 19.0 Å². The second-order valence-corrected chi connectivity index (χ2v) is 6.59. The van der Waals surface area contributed by atoms with Gasteiger partial charge in [-0.15, -0.1) is 11.3 Å². The maximum Gasteiger partial charge on any atom is 0.416 e. The Morgan fingerprint density at radius 3 is 2.21 bits per heavy atom. The van der Waals surface area contributed by atoms with Gasteiger partial charge in [-0.1, -0.05) is 6.07 Å². The number of aromatic nitrogens is 2. The number of halogens is 6. The maximum absolute atomic E-state index is 12.9. The minimum atomic E-state index is -5.05. The molecule has 2 heterocycles. The van der Waals surface area contributed by atoms with Gasteiger partial charge >= 0.3 is 18.3 Å².